The van der Waals surface area contributed by atoms with Gasteiger partial charge >= 0.3 is 0 Å². The Balaban J connectivity index is 1.90. The van der Waals surface area contributed by atoms with Crippen LogP contribution in [0, 0.1) is 0 Å². The molecule has 4 rings (SSSR count). The van der Waals surface area contributed by atoms with Gasteiger partial charge in [-0.15, -0.1) is 0 Å². The molecule has 0 aliphatic carbocycles. The number of aromatic amines is 1. The Morgan fingerprint density at radius 3 is 2.18 bits per heavy atom. The van der Waals surface area contributed by atoms with E-state index in [2.05, 4.69) is 22.1 Å². The number of nitrogens with one attached hydrogen (secondary N) is 1. The van der Waals surface area contributed by atoms with Crippen molar-refractivity contribution >= 4 is 11.0 Å². The number of hydrogen-bond donors (Lipinski definition) is 2. The molecule has 3 nitrogen and oxygen atoms in total. The smallest absolute Gasteiger partial charge is 0.139 e. The van der Waals surface area contributed by atoms with Crippen LogP contribution in [0.5, 0.6) is 5.75 Å². The molecule has 4 aromatic rings. The van der Waals surface area contributed by atoms with Crippen LogP contribution in [0.25, 0.3) is 33.5 Å². The minimum atomic E-state index is 0.268. The van der Waals surface area contributed by atoms with Gasteiger partial charge in [0, 0.05) is 5.56 Å². The van der Waals surface area contributed by atoms with Crippen molar-refractivity contribution < 1.29 is 5.11 Å². The van der Waals surface area contributed by atoms with Crippen LogP contribution in [0.1, 0.15) is 0 Å². The maximum absolute atomic E-state index is 9.47. The fraction of sp³-hybridized carbons (Fsp3) is 0. The lowest BCUT2D eigenvalue weighted by atomic mass is 9.99. The molecule has 0 fully saturated rings. The summed E-state index contributed by atoms with van der Waals surface area (Å²) in [6.45, 7) is 0. The fourth-order valence-corrected chi connectivity index (χ4v) is 2.66. The molecule has 0 aliphatic rings. The van der Waals surface area contributed by atoms with Gasteiger partial charge in [-0.3, -0.25) is 0 Å². The molecule has 0 saturated heterocycles. The summed E-state index contributed by atoms with van der Waals surface area (Å²) in [5.74, 6) is 1.12. The second kappa shape index (κ2) is 5.04. The summed E-state index contributed by atoms with van der Waals surface area (Å²) in [4.78, 5) is 8.05. The topological polar surface area (TPSA) is 48.9 Å². The van der Waals surface area contributed by atoms with E-state index in [1.165, 1.54) is 0 Å². The molecule has 0 radical (unpaired) electrons. The monoisotopic (exact) mass is 286 g/mol. The molecule has 0 unspecified atom stereocenters. The number of nitrogens with zero attached hydrogens (tertiary/aromatic N) is 1. The Morgan fingerprint density at radius 1 is 0.727 bits per heavy atom. The van der Waals surface area contributed by atoms with Gasteiger partial charge in [0.1, 0.15) is 11.6 Å². The number of aromatic hydroxyl groups is 1. The number of hydrogen-bond acceptors (Lipinski definition) is 2. The summed E-state index contributed by atoms with van der Waals surface area (Å²) in [7, 11) is 0. The average molecular weight is 286 g/mol. The largest absolute Gasteiger partial charge is 0.508 e. The van der Waals surface area contributed by atoms with E-state index in [4.69, 9.17) is 0 Å². The van der Waals surface area contributed by atoms with Gasteiger partial charge in [0.2, 0.25) is 0 Å². The molecule has 0 atom stereocenters. The van der Waals surface area contributed by atoms with Gasteiger partial charge in [0.25, 0.3) is 0 Å². The van der Waals surface area contributed by atoms with Crippen LogP contribution >= 0.6 is 0 Å². The van der Waals surface area contributed by atoms with Crippen molar-refractivity contribution in [2.24, 2.45) is 0 Å². The number of benzene rings is 3. The van der Waals surface area contributed by atoms with Crippen LogP contribution in [0.15, 0.2) is 72.8 Å². The van der Waals surface area contributed by atoms with Crippen LogP contribution in [0.3, 0.4) is 0 Å². The van der Waals surface area contributed by atoms with Gasteiger partial charge in [0.05, 0.1) is 11.0 Å². The van der Waals surface area contributed by atoms with Gasteiger partial charge in [-0.05, 0) is 35.4 Å². The molecule has 3 heteroatoms. The fourth-order valence-electron chi connectivity index (χ4n) is 2.66. The van der Waals surface area contributed by atoms with Crippen molar-refractivity contribution in [3.8, 4) is 28.3 Å². The highest BCUT2D eigenvalue weighted by Crippen LogP contribution is 2.32. The zero-order valence-corrected chi connectivity index (χ0v) is 11.8. The summed E-state index contributed by atoms with van der Waals surface area (Å²) < 4.78 is 0. The van der Waals surface area contributed by atoms with Crippen molar-refractivity contribution in [3.05, 3.63) is 72.8 Å². The average Bonchev–Trinajstić information content (AvgIpc) is 2.99. The minimum absolute atomic E-state index is 0.268. The first kappa shape index (κ1) is 12.7. The quantitative estimate of drug-likeness (QED) is 0.565. The Morgan fingerprint density at radius 2 is 1.41 bits per heavy atom. The van der Waals surface area contributed by atoms with Gasteiger partial charge in [-0.2, -0.15) is 0 Å². The van der Waals surface area contributed by atoms with E-state index in [0.717, 1.165) is 33.5 Å². The molecule has 106 valence electrons. The van der Waals surface area contributed by atoms with Crippen molar-refractivity contribution in [3.63, 3.8) is 0 Å². The van der Waals surface area contributed by atoms with Crippen LogP contribution < -0.4 is 0 Å². The summed E-state index contributed by atoms with van der Waals surface area (Å²) in [6.07, 6.45) is 0. The van der Waals surface area contributed by atoms with Gasteiger partial charge < -0.3 is 10.1 Å². The predicted octanol–water partition coefficient (Wildman–Crippen LogP) is 4.60. The highest BCUT2D eigenvalue weighted by atomic mass is 16.3. The molecule has 0 saturated carbocycles. The number of aromatic nitrogens is 2. The summed E-state index contributed by atoms with van der Waals surface area (Å²) in [5, 5.41) is 9.47. The van der Waals surface area contributed by atoms with E-state index in [9.17, 15) is 5.11 Å². The summed E-state index contributed by atoms with van der Waals surface area (Å²) in [5.41, 5.74) is 5.16. The zero-order chi connectivity index (χ0) is 14.9. The molecule has 0 spiro atoms. The zero-order valence-electron chi connectivity index (χ0n) is 11.8. The highest BCUT2D eigenvalue weighted by Gasteiger charge is 2.10. The molecule has 0 bridgehead atoms. The SMILES string of the molecule is Oc1ccc(-c2ccccc2-c2nc3ccccc3[nH]2)cc1. The Bertz CT molecular complexity index is 906. The van der Waals surface area contributed by atoms with Gasteiger partial charge in [-0.25, -0.2) is 4.98 Å². The number of para-hydroxylation sites is 2. The lowest BCUT2D eigenvalue weighted by molar-refractivity contribution is 0.475. The lowest BCUT2D eigenvalue weighted by Gasteiger charge is -2.07. The molecule has 3 aromatic carbocycles. The highest BCUT2D eigenvalue weighted by molar-refractivity contribution is 5.85. The van der Waals surface area contributed by atoms with Crippen LogP contribution in [-0.4, -0.2) is 15.1 Å². The van der Waals surface area contributed by atoms with Crippen LogP contribution in [0.2, 0.25) is 0 Å². The third-order valence-electron chi connectivity index (χ3n) is 3.75. The second-order valence-electron chi connectivity index (χ2n) is 5.20. The van der Waals surface area contributed by atoms with E-state index in [0.29, 0.717) is 0 Å². The maximum atomic E-state index is 9.47. The molecule has 2 N–H and O–H groups in total. The number of H-pyrrole nitrogens is 1. The molecular weight excluding hydrogens is 272 g/mol. The summed E-state index contributed by atoms with van der Waals surface area (Å²) in [6, 6.07) is 23.4. The van der Waals surface area contributed by atoms with E-state index in [-0.39, 0.29) is 5.75 Å². The van der Waals surface area contributed by atoms with E-state index in [1.807, 2.05) is 48.5 Å². The van der Waals surface area contributed by atoms with Gasteiger partial charge in [0.15, 0.2) is 0 Å². The second-order valence-corrected chi connectivity index (χ2v) is 5.20. The lowest BCUT2D eigenvalue weighted by Crippen LogP contribution is -1.86. The van der Waals surface area contributed by atoms with E-state index >= 15 is 0 Å². The maximum Gasteiger partial charge on any atom is 0.139 e. The van der Waals surface area contributed by atoms with Crippen molar-refractivity contribution in [2.75, 3.05) is 0 Å². The first-order valence-electron chi connectivity index (χ1n) is 7.15. The molecule has 0 amide bonds. The number of rotatable bonds is 2. The molecule has 1 heterocycles. The third kappa shape index (κ3) is 2.13. The van der Waals surface area contributed by atoms with Crippen LogP contribution in [-0.2, 0) is 0 Å². The van der Waals surface area contributed by atoms with Crippen molar-refractivity contribution in [1.82, 2.24) is 9.97 Å². The first-order chi connectivity index (χ1) is 10.8. The van der Waals surface area contributed by atoms with E-state index < -0.39 is 0 Å². The first-order valence-corrected chi connectivity index (χ1v) is 7.15. The normalized spacial score (nSPS) is 10.9. The number of imidazole rings is 1. The number of fused-ring (bicyclic) bond motifs is 1. The van der Waals surface area contributed by atoms with Crippen LogP contribution in [0.4, 0.5) is 0 Å². The predicted molar refractivity (Wildman–Crippen MR) is 88.6 cm³/mol. The standard InChI is InChI=1S/C19H14N2O/c22-14-11-9-13(10-12-14)15-5-1-2-6-16(15)19-20-17-7-3-4-8-18(17)21-19/h1-12,22H,(H,20,21). The van der Waals surface area contributed by atoms with Crippen molar-refractivity contribution in [2.45, 2.75) is 0 Å². The molecule has 1 aromatic heterocycles. The van der Waals surface area contributed by atoms with Gasteiger partial charge in [-0.1, -0.05) is 48.5 Å². The number of phenols is 1. The molecule has 0 aliphatic heterocycles. The van der Waals surface area contributed by atoms with Crippen molar-refractivity contribution in [1.29, 1.82) is 0 Å². The molecular formula is C19H14N2O. The Kier molecular flexibility index (Phi) is 2.90. The molecule has 22 heavy (non-hydrogen) atoms. The summed E-state index contributed by atoms with van der Waals surface area (Å²) >= 11 is 0. The van der Waals surface area contributed by atoms with E-state index in [1.54, 1.807) is 12.1 Å². The number of phenolic OH excluding ortho intramolecular Hbond substituents is 1. The Hall–Kier alpha value is -3.07. The minimum Gasteiger partial charge on any atom is -0.508 e. The third-order valence-corrected chi connectivity index (χ3v) is 3.75. The Labute approximate surface area is 127 Å².